The number of amides is 2. The molecule has 144 valence electrons. The summed E-state index contributed by atoms with van der Waals surface area (Å²) in [5.74, 6) is -1.49. The van der Waals surface area contributed by atoms with Crippen LogP contribution < -0.4 is 5.32 Å². The Hall–Kier alpha value is -2.68. The molecule has 2 saturated heterocycles. The van der Waals surface area contributed by atoms with Gasteiger partial charge in [0, 0.05) is 5.56 Å². The van der Waals surface area contributed by atoms with Crippen molar-refractivity contribution in [1.29, 1.82) is 0 Å². The Morgan fingerprint density at radius 1 is 1.37 bits per heavy atom. The van der Waals surface area contributed by atoms with Crippen molar-refractivity contribution >= 4 is 35.4 Å². The van der Waals surface area contributed by atoms with E-state index in [1.165, 1.54) is 7.11 Å². The smallest absolute Gasteiger partial charge is 0.417 e. The van der Waals surface area contributed by atoms with E-state index in [0.29, 0.717) is 5.56 Å². The zero-order valence-electron chi connectivity index (χ0n) is 15.4. The molecule has 2 atom stereocenters. The fourth-order valence-electron chi connectivity index (χ4n) is 3.35. The number of hydrogen-bond donors (Lipinski definition) is 1. The zero-order valence-corrected chi connectivity index (χ0v) is 16.2. The number of aryl methyl sites for hydroxylation is 1. The molecule has 0 radical (unpaired) electrons. The van der Waals surface area contributed by atoms with Crippen LogP contribution in [0.25, 0.3) is 0 Å². The maximum Gasteiger partial charge on any atom is 0.417 e. The molecule has 0 bridgehead atoms. The Bertz CT molecular complexity index is 839. The number of rotatable bonds is 3. The number of esters is 1. The van der Waals surface area contributed by atoms with Crippen LogP contribution in [0.5, 0.6) is 0 Å². The molecule has 3 rings (SSSR count). The van der Waals surface area contributed by atoms with Gasteiger partial charge in [-0.3, -0.25) is 4.79 Å². The van der Waals surface area contributed by atoms with E-state index in [0.717, 1.165) is 10.5 Å². The average Bonchev–Trinajstić information content (AvgIpc) is 3.10. The Morgan fingerprint density at radius 2 is 2.07 bits per heavy atom. The van der Waals surface area contributed by atoms with E-state index < -0.39 is 35.2 Å². The predicted octanol–water partition coefficient (Wildman–Crippen LogP) is 1.39. The van der Waals surface area contributed by atoms with Gasteiger partial charge in [0.15, 0.2) is 6.04 Å². The molecule has 0 spiro atoms. The first-order chi connectivity index (χ1) is 12.6. The Labute approximate surface area is 161 Å². The number of nitrogens with zero attached hydrogens (tertiary/aromatic N) is 1. The molecule has 1 aromatic rings. The molecule has 0 aliphatic carbocycles. The average molecular weight is 392 g/mol. The van der Waals surface area contributed by atoms with Crippen molar-refractivity contribution in [3.8, 4) is 0 Å². The fourth-order valence-corrected chi connectivity index (χ4v) is 3.60. The normalized spacial score (nSPS) is 26.2. The molecule has 2 amide bonds. The summed E-state index contributed by atoms with van der Waals surface area (Å²) in [4.78, 5) is 39.3. The monoisotopic (exact) mass is 392 g/mol. The first-order valence-corrected chi connectivity index (χ1v) is 8.70. The molecule has 2 aliphatic heterocycles. The summed E-state index contributed by atoms with van der Waals surface area (Å²) >= 11 is 5.10. The third kappa shape index (κ3) is 2.91. The van der Waals surface area contributed by atoms with E-state index in [4.69, 9.17) is 26.4 Å². The molecule has 8 nitrogen and oxygen atoms in total. The van der Waals surface area contributed by atoms with Crippen LogP contribution >= 0.6 is 12.2 Å². The molecular formula is C18H20N2O6S. The lowest BCUT2D eigenvalue weighted by Crippen LogP contribution is -2.60. The van der Waals surface area contributed by atoms with Gasteiger partial charge in [0.1, 0.15) is 6.61 Å². The maximum absolute atomic E-state index is 13.3. The molecule has 0 saturated carbocycles. The van der Waals surface area contributed by atoms with E-state index in [-0.39, 0.29) is 11.8 Å². The van der Waals surface area contributed by atoms with Crippen LogP contribution in [0.15, 0.2) is 24.3 Å². The van der Waals surface area contributed by atoms with Crippen LogP contribution in [0.3, 0.4) is 0 Å². The van der Waals surface area contributed by atoms with E-state index >= 15 is 0 Å². The number of nitrogens with one attached hydrogen (secondary N) is 1. The quantitative estimate of drug-likeness (QED) is 0.609. The van der Waals surface area contributed by atoms with Gasteiger partial charge < -0.3 is 19.5 Å². The van der Waals surface area contributed by atoms with Crippen molar-refractivity contribution in [2.75, 3.05) is 13.7 Å². The molecule has 9 heteroatoms. The highest BCUT2D eigenvalue weighted by Crippen LogP contribution is 2.38. The molecule has 1 N–H and O–H groups in total. The zero-order chi connectivity index (χ0) is 20.0. The third-order valence-electron chi connectivity index (χ3n) is 4.66. The number of imide groups is 1. The summed E-state index contributed by atoms with van der Waals surface area (Å²) in [5, 5.41) is 2.59. The van der Waals surface area contributed by atoms with Gasteiger partial charge in [0.25, 0.3) is 16.7 Å². The molecule has 2 aliphatic rings. The molecule has 0 aromatic heterocycles. The van der Waals surface area contributed by atoms with Gasteiger partial charge in [-0.1, -0.05) is 29.8 Å². The van der Waals surface area contributed by atoms with Gasteiger partial charge in [0.2, 0.25) is 0 Å². The van der Waals surface area contributed by atoms with Crippen molar-refractivity contribution in [3.05, 3.63) is 35.4 Å². The minimum atomic E-state index is -1.85. The maximum atomic E-state index is 13.3. The minimum absolute atomic E-state index is 0.0469. The van der Waals surface area contributed by atoms with Crippen LogP contribution in [0.2, 0.25) is 0 Å². The summed E-state index contributed by atoms with van der Waals surface area (Å²) in [5.41, 5.74) is -1.49. The van der Waals surface area contributed by atoms with E-state index in [1.807, 2.05) is 13.0 Å². The largest absolute Gasteiger partial charge is 0.466 e. The molecule has 2 heterocycles. The molecule has 27 heavy (non-hydrogen) atoms. The van der Waals surface area contributed by atoms with Gasteiger partial charge in [-0.05, 0) is 33.0 Å². The second-order valence-electron chi connectivity index (χ2n) is 7.10. The number of thiocarbonyl (C=S) groups is 1. The first kappa shape index (κ1) is 19.1. The summed E-state index contributed by atoms with van der Waals surface area (Å²) in [6.07, 6.45) is -0.785. The number of benzene rings is 1. The summed E-state index contributed by atoms with van der Waals surface area (Å²) in [6.45, 7) is 5.27. The summed E-state index contributed by atoms with van der Waals surface area (Å²) < 4.78 is 15.7. The summed E-state index contributed by atoms with van der Waals surface area (Å²) in [7, 11) is 1.19. The highest BCUT2D eigenvalue weighted by molar-refractivity contribution is 7.80. The van der Waals surface area contributed by atoms with Crippen molar-refractivity contribution in [2.45, 2.75) is 38.0 Å². The number of methoxy groups -OCH3 is 1. The standard InChI is InChI=1S/C18H20N2O6S/c1-10-6-5-7-11(8-10)18(14(22)24-4)12(19-15(27)26-18)13(21)20-16(23)25-9-17(20,2)3/h5-8,12H,9H2,1-4H3,(H,19,27)/t12-,18-/m0/s1. The van der Waals surface area contributed by atoms with Gasteiger partial charge in [-0.15, -0.1) is 0 Å². The third-order valence-corrected chi connectivity index (χ3v) is 4.86. The highest BCUT2D eigenvalue weighted by atomic mass is 32.1. The molecule has 0 unspecified atom stereocenters. The van der Waals surface area contributed by atoms with Crippen LogP contribution in [0.1, 0.15) is 25.0 Å². The Morgan fingerprint density at radius 3 is 2.63 bits per heavy atom. The van der Waals surface area contributed by atoms with E-state index in [9.17, 15) is 14.4 Å². The van der Waals surface area contributed by atoms with E-state index in [2.05, 4.69) is 5.32 Å². The van der Waals surface area contributed by atoms with Crippen LogP contribution in [0, 0.1) is 6.92 Å². The molecular weight excluding hydrogens is 372 g/mol. The predicted molar refractivity (Wildman–Crippen MR) is 97.8 cm³/mol. The minimum Gasteiger partial charge on any atom is -0.466 e. The Kier molecular flexibility index (Phi) is 4.59. The Balaban J connectivity index is 2.14. The van der Waals surface area contributed by atoms with E-state index in [1.54, 1.807) is 32.0 Å². The summed E-state index contributed by atoms with van der Waals surface area (Å²) in [6, 6.07) is 5.64. The lowest BCUT2D eigenvalue weighted by atomic mass is 9.84. The van der Waals surface area contributed by atoms with Gasteiger partial charge in [-0.25, -0.2) is 14.5 Å². The number of cyclic esters (lactones) is 1. The number of ether oxygens (including phenoxy) is 3. The molecule has 2 fully saturated rings. The van der Waals surface area contributed by atoms with Crippen LogP contribution in [-0.4, -0.2) is 53.3 Å². The van der Waals surface area contributed by atoms with Crippen molar-refractivity contribution in [1.82, 2.24) is 10.2 Å². The number of hydrogen-bond acceptors (Lipinski definition) is 7. The second kappa shape index (κ2) is 6.49. The lowest BCUT2D eigenvalue weighted by molar-refractivity contribution is -0.165. The van der Waals surface area contributed by atoms with Gasteiger partial charge in [-0.2, -0.15) is 0 Å². The fraction of sp³-hybridized carbons (Fsp3) is 0.444. The molecule has 1 aromatic carbocycles. The van der Waals surface area contributed by atoms with Gasteiger partial charge >= 0.3 is 12.1 Å². The van der Waals surface area contributed by atoms with Crippen molar-refractivity contribution < 1.29 is 28.6 Å². The lowest BCUT2D eigenvalue weighted by Gasteiger charge is -2.34. The highest BCUT2D eigenvalue weighted by Gasteiger charge is 2.62. The topological polar surface area (TPSA) is 94.2 Å². The second-order valence-corrected chi connectivity index (χ2v) is 7.48. The van der Waals surface area contributed by atoms with Crippen molar-refractivity contribution in [3.63, 3.8) is 0 Å². The van der Waals surface area contributed by atoms with Crippen molar-refractivity contribution in [2.24, 2.45) is 0 Å². The first-order valence-electron chi connectivity index (χ1n) is 8.29. The van der Waals surface area contributed by atoms with Crippen LogP contribution in [-0.2, 0) is 29.4 Å². The number of carbonyl (C=O) groups is 3. The SMILES string of the molecule is COC(=O)[C@@]1(c2cccc(C)c2)OC(=S)N[C@H]1C(=O)N1C(=O)OCC1(C)C. The van der Waals surface area contributed by atoms with Gasteiger partial charge in [0.05, 0.1) is 12.6 Å². The van der Waals surface area contributed by atoms with Crippen LogP contribution in [0.4, 0.5) is 4.79 Å². The number of carbonyl (C=O) groups excluding carboxylic acids is 3.